The third-order valence-corrected chi connectivity index (χ3v) is 5.41. The standard InChI is InChI=1S/C23H37NO.CH4N2/c1-2-3-4-5-6-7-8-9-10-11-14-21-15-17-22(18-16-21)23(25)24-19-12-13-20-24;2-1-3/h15-18H,2-14,19-20H2,1H3;1H,(H3,2,3). The van der Waals surface area contributed by atoms with E-state index in [2.05, 4.69) is 24.8 Å². The summed E-state index contributed by atoms with van der Waals surface area (Å²) < 4.78 is 0. The van der Waals surface area contributed by atoms with Crippen molar-refractivity contribution in [1.29, 1.82) is 5.41 Å². The number of likely N-dealkylation sites (tertiary alicyclic amines) is 1. The quantitative estimate of drug-likeness (QED) is 0.265. The summed E-state index contributed by atoms with van der Waals surface area (Å²) in [6.07, 6.45) is 18.0. The molecular formula is C24H41N3O. The number of carbonyl (C=O) groups excluding carboxylic acids is 1. The number of unbranched alkanes of at least 4 members (excludes halogenated alkanes) is 9. The van der Waals surface area contributed by atoms with Crippen LogP contribution in [0.1, 0.15) is 99.9 Å². The first-order valence-electron chi connectivity index (χ1n) is 11.3. The predicted octanol–water partition coefficient (Wildman–Crippen LogP) is 5.94. The Morgan fingerprint density at radius 1 is 0.929 bits per heavy atom. The van der Waals surface area contributed by atoms with Crippen molar-refractivity contribution in [3.8, 4) is 0 Å². The second-order valence-electron chi connectivity index (χ2n) is 7.79. The Labute approximate surface area is 172 Å². The largest absolute Gasteiger partial charge is 0.390 e. The lowest BCUT2D eigenvalue weighted by molar-refractivity contribution is 0.0793. The van der Waals surface area contributed by atoms with Gasteiger partial charge in [-0.2, -0.15) is 0 Å². The van der Waals surface area contributed by atoms with Crippen molar-refractivity contribution in [3.63, 3.8) is 0 Å². The molecule has 0 atom stereocenters. The molecule has 0 aliphatic carbocycles. The van der Waals surface area contributed by atoms with E-state index < -0.39 is 0 Å². The van der Waals surface area contributed by atoms with E-state index in [9.17, 15) is 4.79 Å². The Balaban J connectivity index is 0.00000122. The van der Waals surface area contributed by atoms with Gasteiger partial charge in [-0.15, -0.1) is 0 Å². The summed E-state index contributed by atoms with van der Waals surface area (Å²) in [5.41, 5.74) is 6.62. The summed E-state index contributed by atoms with van der Waals surface area (Å²) in [5, 5.41) is 5.86. The summed E-state index contributed by atoms with van der Waals surface area (Å²) in [7, 11) is 0. The van der Waals surface area contributed by atoms with E-state index in [-0.39, 0.29) is 5.91 Å². The molecule has 0 saturated carbocycles. The van der Waals surface area contributed by atoms with Crippen LogP contribution in [-0.2, 0) is 6.42 Å². The molecule has 1 fully saturated rings. The average molecular weight is 388 g/mol. The summed E-state index contributed by atoms with van der Waals surface area (Å²) in [6, 6.07) is 8.34. The Morgan fingerprint density at radius 2 is 1.39 bits per heavy atom. The first-order valence-corrected chi connectivity index (χ1v) is 11.3. The van der Waals surface area contributed by atoms with E-state index >= 15 is 0 Å². The zero-order valence-corrected chi connectivity index (χ0v) is 17.9. The molecule has 0 spiro atoms. The molecule has 1 saturated heterocycles. The zero-order chi connectivity index (χ0) is 20.5. The fraction of sp³-hybridized carbons (Fsp3) is 0.667. The van der Waals surface area contributed by atoms with Gasteiger partial charge in [-0.25, -0.2) is 0 Å². The lowest BCUT2D eigenvalue weighted by Gasteiger charge is -2.15. The molecule has 0 radical (unpaired) electrons. The molecule has 1 aromatic carbocycles. The predicted molar refractivity (Wildman–Crippen MR) is 120 cm³/mol. The van der Waals surface area contributed by atoms with E-state index in [1.54, 1.807) is 0 Å². The molecule has 4 heteroatoms. The van der Waals surface area contributed by atoms with Crippen molar-refractivity contribution in [2.75, 3.05) is 13.1 Å². The fourth-order valence-corrected chi connectivity index (χ4v) is 3.73. The average Bonchev–Trinajstić information content (AvgIpc) is 3.25. The maximum absolute atomic E-state index is 12.3. The normalized spacial score (nSPS) is 13.1. The van der Waals surface area contributed by atoms with Crippen molar-refractivity contribution in [2.24, 2.45) is 5.73 Å². The monoisotopic (exact) mass is 387 g/mol. The van der Waals surface area contributed by atoms with E-state index in [0.29, 0.717) is 0 Å². The van der Waals surface area contributed by atoms with Crippen LogP contribution < -0.4 is 5.73 Å². The molecule has 1 aliphatic heterocycles. The number of benzene rings is 1. The molecule has 158 valence electrons. The Hall–Kier alpha value is -1.84. The highest BCUT2D eigenvalue weighted by atomic mass is 16.2. The van der Waals surface area contributed by atoms with Gasteiger partial charge >= 0.3 is 0 Å². The molecule has 1 heterocycles. The summed E-state index contributed by atoms with van der Waals surface area (Å²) in [6.45, 7) is 4.14. The Bertz CT molecular complexity index is 521. The summed E-state index contributed by atoms with van der Waals surface area (Å²) in [4.78, 5) is 14.3. The lowest BCUT2D eigenvalue weighted by Crippen LogP contribution is -2.27. The minimum Gasteiger partial charge on any atom is -0.390 e. The van der Waals surface area contributed by atoms with Crippen molar-refractivity contribution in [2.45, 2.75) is 90.4 Å². The van der Waals surface area contributed by atoms with Gasteiger partial charge in [0.1, 0.15) is 0 Å². The third kappa shape index (κ3) is 10.5. The maximum Gasteiger partial charge on any atom is 0.253 e. The second-order valence-corrected chi connectivity index (χ2v) is 7.79. The van der Waals surface area contributed by atoms with Crippen LogP contribution in [0.25, 0.3) is 0 Å². The van der Waals surface area contributed by atoms with E-state index in [4.69, 9.17) is 5.41 Å². The number of rotatable bonds is 12. The van der Waals surface area contributed by atoms with Gasteiger partial charge in [0.15, 0.2) is 0 Å². The SMILES string of the molecule is CCCCCCCCCCCCc1ccc(C(=O)N2CCCC2)cc1.N=CN. The van der Waals surface area contributed by atoms with Crippen LogP contribution in [0.4, 0.5) is 0 Å². The Kier molecular flexibility index (Phi) is 14.0. The molecule has 0 unspecified atom stereocenters. The lowest BCUT2D eigenvalue weighted by atomic mass is 10.0. The van der Waals surface area contributed by atoms with E-state index in [1.165, 1.54) is 69.8 Å². The molecule has 1 amide bonds. The van der Waals surface area contributed by atoms with Crippen LogP contribution in [0.5, 0.6) is 0 Å². The molecule has 2 rings (SSSR count). The highest BCUT2D eigenvalue weighted by Gasteiger charge is 2.18. The van der Waals surface area contributed by atoms with Crippen molar-refractivity contribution >= 4 is 12.2 Å². The number of carbonyl (C=O) groups is 1. The van der Waals surface area contributed by atoms with Gasteiger partial charge in [-0.05, 0) is 43.4 Å². The number of nitrogens with one attached hydrogen (secondary N) is 1. The molecule has 1 aliphatic rings. The number of nitrogens with two attached hydrogens (primary N) is 1. The van der Waals surface area contributed by atoms with Crippen LogP contribution >= 0.6 is 0 Å². The highest BCUT2D eigenvalue weighted by molar-refractivity contribution is 5.94. The highest BCUT2D eigenvalue weighted by Crippen LogP contribution is 2.16. The minimum atomic E-state index is 0.211. The van der Waals surface area contributed by atoms with Gasteiger partial charge in [0.25, 0.3) is 5.91 Å². The molecule has 1 aromatic rings. The molecule has 3 N–H and O–H groups in total. The minimum absolute atomic E-state index is 0.211. The zero-order valence-electron chi connectivity index (χ0n) is 17.9. The summed E-state index contributed by atoms with van der Waals surface area (Å²) >= 11 is 0. The molecule has 28 heavy (non-hydrogen) atoms. The smallest absolute Gasteiger partial charge is 0.253 e. The van der Waals surface area contributed by atoms with Crippen molar-refractivity contribution < 1.29 is 4.79 Å². The van der Waals surface area contributed by atoms with Crippen LogP contribution in [-0.4, -0.2) is 30.2 Å². The molecule has 0 aromatic heterocycles. The van der Waals surface area contributed by atoms with Gasteiger partial charge in [0, 0.05) is 18.7 Å². The molecular weight excluding hydrogens is 346 g/mol. The van der Waals surface area contributed by atoms with Gasteiger partial charge in [0.05, 0.1) is 6.34 Å². The molecule has 4 nitrogen and oxygen atoms in total. The first-order chi connectivity index (χ1) is 13.7. The number of hydrogen-bond donors (Lipinski definition) is 2. The molecule has 0 bridgehead atoms. The fourth-order valence-electron chi connectivity index (χ4n) is 3.73. The van der Waals surface area contributed by atoms with Crippen LogP contribution in [0.15, 0.2) is 24.3 Å². The number of aryl methyl sites for hydroxylation is 1. The first kappa shape index (κ1) is 24.2. The number of hydrogen-bond acceptors (Lipinski definition) is 2. The maximum atomic E-state index is 12.3. The second kappa shape index (κ2) is 16.1. The van der Waals surface area contributed by atoms with Gasteiger partial charge in [0.2, 0.25) is 0 Å². The number of amides is 1. The number of nitrogens with zero attached hydrogens (tertiary/aromatic N) is 1. The van der Waals surface area contributed by atoms with Crippen LogP contribution in [0.3, 0.4) is 0 Å². The van der Waals surface area contributed by atoms with Crippen molar-refractivity contribution in [1.82, 2.24) is 4.90 Å². The van der Waals surface area contributed by atoms with E-state index in [1.807, 2.05) is 17.0 Å². The summed E-state index contributed by atoms with van der Waals surface area (Å²) in [5.74, 6) is 0.211. The van der Waals surface area contributed by atoms with E-state index in [0.717, 1.165) is 44.3 Å². The van der Waals surface area contributed by atoms with Crippen LogP contribution in [0.2, 0.25) is 0 Å². The topological polar surface area (TPSA) is 70.2 Å². The van der Waals surface area contributed by atoms with Gasteiger partial charge in [-0.3, -0.25) is 10.2 Å². The van der Waals surface area contributed by atoms with Crippen molar-refractivity contribution in [3.05, 3.63) is 35.4 Å². The third-order valence-electron chi connectivity index (χ3n) is 5.41. The van der Waals surface area contributed by atoms with Gasteiger partial charge in [-0.1, -0.05) is 76.8 Å². The Morgan fingerprint density at radius 3 is 1.89 bits per heavy atom. The van der Waals surface area contributed by atoms with Gasteiger partial charge < -0.3 is 10.6 Å². The van der Waals surface area contributed by atoms with Crippen LogP contribution in [0, 0.1) is 5.41 Å².